The van der Waals surface area contributed by atoms with E-state index >= 15 is 0 Å². The van der Waals surface area contributed by atoms with Crippen LogP contribution in [0.25, 0.3) is 11.1 Å². The van der Waals surface area contributed by atoms with Crippen molar-refractivity contribution in [3.05, 3.63) is 162 Å². The van der Waals surface area contributed by atoms with Crippen molar-refractivity contribution in [2.75, 3.05) is 0 Å². The van der Waals surface area contributed by atoms with Crippen LogP contribution in [0.2, 0.25) is 0 Å². The standard InChI is InChI=1S/2C13H13.2C6H5.2ClH.Hf.H2Si/c2*1-10-8-11(2)13(9-10)12-6-4-3-5-7-12;2*1-2-4-6-5-3-1;;;;/h2*3-7,9-10H,1-2H3;2*1-5H;2*1H;;1H2. The molecule has 0 amide bonds. The molecule has 2 aliphatic rings. The normalized spacial score (nSPS) is 18.7. The molecule has 0 radical (unpaired) electrons. The summed E-state index contributed by atoms with van der Waals surface area (Å²) < 4.78 is 6.51. The summed E-state index contributed by atoms with van der Waals surface area (Å²) in [7, 11) is 0. The molecule has 0 aromatic heterocycles. The monoisotopic (exact) mass is 774 g/mol. The Morgan fingerprint density at radius 3 is 1.07 bits per heavy atom. The van der Waals surface area contributed by atoms with E-state index in [1.807, 2.05) is 0 Å². The molecule has 214 valence electrons. The molecule has 42 heavy (non-hydrogen) atoms. The second kappa shape index (κ2) is 12.6. The zero-order valence-corrected chi connectivity index (χ0v) is 31.5. The van der Waals surface area contributed by atoms with Gasteiger partial charge < -0.3 is 0 Å². The number of hydrogen-bond donors (Lipinski definition) is 0. The van der Waals surface area contributed by atoms with Crippen molar-refractivity contribution in [3.63, 3.8) is 0 Å². The van der Waals surface area contributed by atoms with Crippen molar-refractivity contribution in [1.82, 2.24) is 0 Å². The third-order valence-electron chi connectivity index (χ3n) is 9.54. The molecular formula is C38H40Cl2HfSi. The smallest absolute Gasteiger partial charge is 0.147 e. The summed E-state index contributed by atoms with van der Waals surface area (Å²) in [6.07, 6.45) is 5.10. The summed E-state index contributed by atoms with van der Waals surface area (Å²) in [5.74, 6) is 0.716. The SMILES string of the molecule is CC1=[C]([Hf](=[SiH2])([C]2=C(C)C(c3ccccc3)=CC2C)([c]2ccccc2)[c]2ccccc2)C(C)C=C1c1ccccc1.Cl.Cl. The van der Waals surface area contributed by atoms with E-state index in [4.69, 9.17) is 0 Å². The van der Waals surface area contributed by atoms with E-state index in [9.17, 15) is 0 Å². The van der Waals surface area contributed by atoms with Crippen LogP contribution in [-0.2, 0) is 17.1 Å². The minimum absolute atomic E-state index is 0. The van der Waals surface area contributed by atoms with Crippen LogP contribution in [-0.4, -0.2) is 6.94 Å². The van der Waals surface area contributed by atoms with Crippen LogP contribution in [0, 0.1) is 11.8 Å². The van der Waals surface area contributed by atoms with Crippen molar-refractivity contribution in [1.29, 1.82) is 0 Å². The second-order valence-corrected chi connectivity index (χ2v) is 41.8. The van der Waals surface area contributed by atoms with Crippen LogP contribution < -0.4 is 6.64 Å². The number of hydrogen-bond acceptors (Lipinski definition) is 0. The first-order valence-electron chi connectivity index (χ1n) is 14.5. The molecule has 2 aliphatic carbocycles. The van der Waals surface area contributed by atoms with Gasteiger partial charge >= 0.3 is 244 Å². The average Bonchev–Trinajstić information content (AvgIpc) is 3.49. The zero-order valence-electron chi connectivity index (χ0n) is 24.9. The minimum Gasteiger partial charge on any atom is -0.147 e. The van der Waals surface area contributed by atoms with Crippen molar-refractivity contribution >= 4 is 49.5 Å². The Morgan fingerprint density at radius 2 is 0.762 bits per heavy atom. The summed E-state index contributed by atoms with van der Waals surface area (Å²) in [6.45, 7) is 12.1. The zero-order chi connectivity index (χ0) is 27.9. The number of halogens is 2. The predicted molar refractivity (Wildman–Crippen MR) is 188 cm³/mol. The molecule has 2 unspecified atom stereocenters. The molecule has 0 aliphatic heterocycles. The van der Waals surface area contributed by atoms with Crippen LogP contribution in [0.5, 0.6) is 0 Å². The van der Waals surface area contributed by atoms with E-state index in [0.29, 0.717) is 11.8 Å². The number of rotatable bonds is 6. The molecule has 6 rings (SSSR count). The molecular weight excluding hydrogens is 734 g/mol. The van der Waals surface area contributed by atoms with E-state index in [0.717, 1.165) is 0 Å². The number of benzene rings is 4. The van der Waals surface area contributed by atoms with Gasteiger partial charge in [0.1, 0.15) is 0 Å². The Morgan fingerprint density at radius 1 is 0.476 bits per heavy atom. The summed E-state index contributed by atoms with van der Waals surface area (Å²) in [4.78, 5) is 0. The van der Waals surface area contributed by atoms with Crippen LogP contribution >= 0.6 is 24.8 Å². The molecule has 0 saturated carbocycles. The molecule has 2 atom stereocenters. The Labute approximate surface area is 266 Å². The first-order valence-corrected chi connectivity index (χ1v) is 30.0. The summed E-state index contributed by atoms with van der Waals surface area (Å²) in [5.41, 5.74) is 8.43. The Kier molecular flexibility index (Phi) is 9.74. The molecule has 4 aromatic rings. The predicted octanol–water partition coefficient (Wildman–Crippen LogP) is 8.73. The van der Waals surface area contributed by atoms with Gasteiger partial charge in [-0.05, 0) is 0 Å². The Bertz CT molecular complexity index is 1630. The van der Waals surface area contributed by atoms with Crippen LogP contribution in [0.1, 0.15) is 38.8 Å². The van der Waals surface area contributed by atoms with Crippen molar-refractivity contribution in [3.8, 4) is 0 Å². The van der Waals surface area contributed by atoms with Gasteiger partial charge in [-0.25, -0.2) is 0 Å². The van der Waals surface area contributed by atoms with Gasteiger partial charge in [-0.3, -0.25) is 0 Å². The molecule has 0 N–H and O–H groups in total. The van der Waals surface area contributed by atoms with E-state index in [1.54, 1.807) is 13.3 Å². The van der Waals surface area contributed by atoms with Crippen LogP contribution in [0.15, 0.2) is 151 Å². The van der Waals surface area contributed by atoms with Gasteiger partial charge in [-0.2, -0.15) is 0 Å². The van der Waals surface area contributed by atoms with Gasteiger partial charge in [0.15, 0.2) is 0 Å². The van der Waals surface area contributed by atoms with Gasteiger partial charge in [-0.1, -0.05) is 0 Å². The molecule has 0 fully saturated rings. The molecule has 0 bridgehead atoms. The van der Waals surface area contributed by atoms with Gasteiger partial charge in [-0.15, -0.1) is 24.8 Å². The fourth-order valence-corrected chi connectivity index (χ4v) is 49.7. The molecule has 0 saturated heterocycles. The quantitative estimate of drug-likeness (QED) is 0.172. The first-order chi connectivity index (χ1) is 19.4. The van der Waals surface area contributed by atoms with Crippen molar-refractivity contribution in [2.24, 2.45) is 11.8 Å². The fraction of sp³-hybridized carbons (Fsp3) is 0.158. The summed E-state index contributed by atoms with van der Waals surface area (Å²) >= 11 is -4.66. The van der Waals surface area contributed by atoms with E-state index < -0.39 is 17.1 Å². The summed E-state index contributed by atoms with van der Waals surface area (Å²) in [6, 6.07) is 45.3. The van der Waals surface area contributed by atoms with Gasteiger partial charge in [0.05, 0.1) is 0 Å². The van der Waals surface area contributed by atoms with Gasteiger partial charge in [0.25, 0.3) is 0 Å². The second-order valence-electron chi connectivity index (χ2n) is 11.7. The summed E-state index contributed by atoms with van der Waals surface area (Å²) in [5, 5.41) is 0. The van der Waals surface area contributed by atoms with Gasteiger partial charge in [0, 0.05) is 0 Å². The third-order valence-corrected chi connectivity index (χ3v) is 48.5. The fourth-order valence-electron chi connectivity index (χ4n) is 8.13. The molecule has 0 heterocycles. The Balaban J connectivity index is 0.00000202. The molecule has 4 heteroatoms. The topological polar surface area (TPSA) is 0 Å². The maximum atomic E-state index is 2.55. The van der Waals surface area contributed by atoms with E-state index in [2.05, 4.69) is 168 Å². The van der Waals surface area contributed by atoms with E-state index in [1.165, 1.54) is 33.4 Å². The van der Waals surface area contributed by atoms with Crippen LogP contribution in [0.4, 0.5) is 0 Å². The first kappa shape index (κ1) is 32.4. The largest absolute Gasteiger partial charge is 0.147 e. The average molecular weight is 774 g/mol. The molecule has 0 nitrogen and oxygen atoms in total. The van der Waals surface area contributed by atoms with Crippen molar-refractivity contribution in [2.45, 2.75) is 27.7 Å². The third kappa shape index (κ3) is 4.85. The van der Waals surface area contributed by atoms with Crippen LogP contribution in [0.3, 0.4) is 0 Å². The van der Waals surface area contributed by atoms with Crippen molar-refractivity contribution < 1.29 is 17.1 Å². The minimum atomic E-state index is -4.66. The Hall–Kier alpha value is -2.49. The molecule has 4 aromatic carbocycles. The molecule has 0 spiro atoms. The van der Waals surface area contributed by atoms with Gasteiger partial charge in [0.2, 0.25) is 0 Å². The maximum Gasteiger partial charge on any atom is -0.147 e. The van der Waals surface area contributed by atoms with E-state index in [-0.39, 0.29) is 24.8 Å². The number of allylic oxidation sites excluding steroid dienone is 8. The maximum absolute atomic E-state index is 4.66.